The van der Waals surface area contributed by atoms with Gasteiger partial charge in [-0.1, -0.05) is 0 Å². The third-order valence-corrected chi connectivity index (χ3v) is 4.03. The molecule has 0 aliphatic heterocycles. The summed E-state index contributed by atoms with van der Waals surface area (Å²) >= 11 is 0. The average molecular weight is 358 g/mol. The number of nitrogens with zero attached hydrogens (tertiary/aromatic N) is 7. The second-order valence-electron chi connectivity index (χ2n) is 5.79. The van der Waals surface area contributed by atoms with Crippen LogP contribution in [0.4, 0.5) is 5.69 Å². The number of rotatable bonds is 6. The molecular weight excluding hydrogens is 340 g/mol. The fraction of sp³-hybridized carbons (Fsp3) is 0.333. The molecule has 0 aliphatic rings. The number of nitro groups is 1. The summed E-state index contributed by atoms with van der Waals surface area (Å²) in [4.78, 5) is 22.8. The van der Waals surface area contributed by atoms with Crippen LogP contribution in [-0.4, -0.2) is 40.2 Å². The Morgan fingerprint density at radius 3 is 2.69 bits per heavy atom. The Hall–Kier alpha value is -3.50. The molecule has 26 heavy (non-hydrogen) atoms. The van der Waals surface area contributed by atoms with E-state index in [1.54, 1.807) is 44.0 Å². The van der Waals surface area contributed by atoms with Crippen LogP contribution in [0.15, 0.2) is 24.5 Å². The van der Waals surface area contributed by atoms with Crippen molar-refractivity contribution < 1.29 is 9.72 Å². The van der Waals surface area contributed by atoms with Crippen molar-refractivity contribution in [2.45, 2.75) is 27.1 Å². The lowest BCUT2D eigenvalue weighted by atomic mass is 10.3. The summed E-state index contributed by atoms with van der Waals surface area (Å²) in [5, 5.41) is 26.2. The minimum Gasteiger partial charge on any atom is -0.345 e. The summed E-state index contributed by atoms with van der Waals surface area (Å²) in [6.45, 7) is 3.73. The highest BCUT2D eigenvalue weighted by Gasteiger charge is 2.22. The predicted octanol–water partition coefficient (Wildman–Crippen LogP) is 0.774. The molecule has 1 N–H and O–H groups in total. The van der Waals surface area contributed by atoms with Crippen molar-refractivity contribution in [1.82, 2.24) is 34.7 Å². The lowest BCUT2D eigenvalue weighted by Crippen LogP contribution is -2.25. The number of hydrogen-bond donors (Lipinski definition) is 1. The molecule has 1 amide bonds. The predicted molar refractivity (Wildman–Crippen MR) is 90.4 cm³/mol. The van der Waals surface area contributed by atoms with Gasteiger partial charge in [-0.05, 0) is 26.0 Å². The molecular formula is C15H18N8O3. The zero-order valence-electron chi connectivity index (χ0n) is 14.6. The van der Waals surface area contributed by atoms with Crippen LogP contribution in [0.1, 0.15) is 27.6 Å². The van der Waals surface area contributed by atoms with Crippen molar-refractivity contribution >= 4 is 11.6 Å². The lowest BCUT2D eigenvalue weighted by molar-refractivity contribution is -0.386. The van der Waals surface area contributed by atoms with Gasteiger partial charge in [-0.15, -0.1) is 0 Å². The van der Waals surface area contributed by atoms with Crippen LogP contribution < -0.4 is 5.32 Å². The molecule has 0 spiro atoms. The standard InChI is InChI=1S/C15H18N8O3/c1-10-14(23(25)26)11(2)22(18-10)9-21-7-5-13(19-21)15(24)16-8-12-4-6-17-20(12)3/h4-7H,8-9H2,1-3H3,(H,16,24). The number of aromatic nitrogens is 6. The second kappa shape index (κ2) is 6.78. The Kier molecular flexibility index (Phi) is 4.52. The molecule has 0 aliphatic carbocycles. The molecule has 0 aromatic carbocycles. The number of nitrogens with one attached hydrogen (secondary N) is 1. The maximum absolute atomic E-state index is 12.2. The van der Waals surface area contributed by atoms with Crippen molar-refractivity contribution in [1.29, 1.82) is 0 Å². The number of hydrogen-bond acceptors (Lipinski definition) is 6. The molecule has 0 saturated heterocycles. The molecule has 0 bridgehead atoms. The summed E-state index contributed by atoms with van der Waals surface area (Å²) in [7, 11) is 1.80. The van der Waals surface area contributed by atoms with Crippen molar-refractivity contribution in [3.63, 3.8) is 0 Å². The molecule has 0 fully saturated rings. The zero-order valence-corrected chi connectivity index (χ0v) is 14.6. The molecule has 0 atom stereocenters. The first-order valence-corrected chi connectivity index (χ1v) is 7.83. The van der Waals surface area contributed by atoms with Gasteiger partial charge in [-0.25, -0.2) is 4.68 Å². The average Bonchev–Trinajstić information content (AvgIpc) is 3.26. The van der Waals surface area contributed by atoms with Crippen molar-refractivity contribution in [3.05, 3.63) is 57.4 Å². The Morgan fingerprint density at radius 1 is 1.31 bits per heavy atom. The fourth-order valence-electron chi connectivity index (χ4n) is 2.62. The van der Waals surface area contributed by atoms with Crippen molar-refractivity contribution in [2.24, 2.45) is 7.05 Å². The van der Waals surface area contributed by atoms with Gasteiger partial charge >= 0.3 is 5.69 Å². The van der Waals surface area contributed by atoms with Gasteiger partial charge in [0.25, 0.3) is 5.91 Å². The fourth-order valence-corrected chi connectivity index (χ4v) is 2.62. The van der Waals surface area contributed by atoms with Gasteiger partial charge in [-0.2, -0.15) is 15.3 Å². The van der Waals surface area contributed by atoms with E-state index < -0.39 is 4.92 Å². The molecule has 0 unspecified atom stereocenters. The first kappa shape index (κ1) is 17.3. The molecule has 0 saturated carbocycles. The van der Waals surface area contributed by atoms with Crippen molar-refractivity contribution in [2.75, 3.05) is 0 Å². The molecule has 3 heterocycles. The first-order chi connectivity index (χ1) is 12.4. The van der Waals surface area contributed by atoms with Gasteiger partial charge in [0.2, 0.25) is 0 Å². The van der Waals surface area contributed by atoms with Crippen molar-refractivity contribution in [3.8, 4) is 0 Å². The molecule has 11 heteroatoms. The highest BCUT2D eigenvalue weighted by Crippen LogP contribution is 2.21. The van der Waals surface area contributed by atoms with Crippen LogP contribution in [0.5, 0.6) is 0 Å². The number of carbonyl (C=O) groups is 1. The highest BCUT2D eigenvalue weighted by atomic mass is 16.6. The Morgan fingerprint density at radius 2 is 2.08 bits per heavy atom. The van der Waals surface area contributed by atoms with Crippen LogP contribution in [0, 0.1) is 24.0 Å². The third kappa shape index (κ3) is 3.31. The minimum atomic E-state index is -0.450. The van der Waals surface area contributed by atoms with E-state index >= 15 is 0 Å². The van der Waals surface area contributed by atoms with Gasteiger partial charge in [0.1, 0.15) is 23.8 Å². The SMILES string of the molecule is Cc1nn(Cn2ccc(C(=O)NCc3ccnn3C)n2)c(C)c1[N+](=O)[O-]. The van der Waals surface area contributed by atoms with E-state index in [4.69, 9.17) is 0 Å². The second-order valence-corrected chi connectivity index (χ2v) is 5.79. The summed E-state index contributed by atoms with van der Waals surface area (Å²) in [6.07, 6.45) is 3.28. The Labute approximate surface area is 148 Å². The topological polar surface area (TPSA) is 126 Å². The molecule has 3 aromatic rings. The first-order valence-electron chi connectivity index (χ1n) is 7.83. The molecule has 3 rings (SSSR count). The van der Waals surface area contributed by atoms with Crippen LogP contribution >= 0.6 is 0 Å². The monoisotopic (exact) mass is 358 g/mol. The smallest absolute Gasteiger partial charge is 0.312 e. The van der Waals surface area contributed by atoms with Crippen LogP contribution in [0.25, 0.3) is 0 Å². The van der Waals surface area contributed by atoms with E-state index in [0.717, 1.165) is 5.69 Å². The number of amides is 1. The Balaban J connectivity index is 1.68. The number of carbonyl (C=O) groups excluding carboxylic acids is 1. The molecule has 0 radical (unpaired) electrons. The van der Waals surface area contributed by atoms with Crippen LogP contribution in [0.2, 0.25) is 0 Å². The third-order valence-electron chi connectivity index (χ3n) is 4.03. The Bertz CT molecular complexity index is 968. The number of aryl methyl sites for hydroxylation is 2. The van der Waals surface area contributed by atoms with E-state index in [-0.39, 0.29) is 24.0 Å². The summed E-state index contributed by atoms with van der Waals surface area (Å²) in [6, 6.07) is 3.40. The summed E-state index contributed by atoms with van der Waals surface area (Å²) in [5.74, 6) is -0.315. The van der Waals surface area contributed by atoms with Gasteiger partial charge in [0.15, 0.2) is 0 Å². The quantitative estimate of drug-likeness (QED) is 0.512. The van der Waals surface area contributed by atoms with E-state index in [0.29, 0.717) is 17.9 Å². The largest absolute Gasteiger partial charge is 0.345 e. The molecule has 3 aromatic heterocycles. The maximum atomic E-state index is 12.2. The van der Waals surface area contributed by atoms with E-state index in [2.05, 4.69) is 20.6 Å². The normalized spacial score (nSPS) is 10.9. The van der Waals surface area contributed by atoms with E-state index in [9.17, 15) is 14.9 Å². The van der Waals surface area contributed by atoms with E-state index in [1.807, 2.05) is 6.07 Å². The highest BCUT2D eigenvalue weighted by molar-refractivity contribution is 5.92. The molecule has 11 nitrogen and oxygen atoms in total. The maximum Gasteiger partial charge on any atom is 0.312 e. The van der Waals surface area contributed by atoms with Crippen LogP contribution in [0.3, 0.4) is 0 Å². The lowest BCUT2D eigenvalue weighted by Gasteiger charge is -2.05. The van der Waals surface area contributed by atoms with Gasteiger partial charge in [-0.3, -0.25) is 24.3 Å². The van der Waals surface area contributed by atoms with Crippen LogP contribution in [-0.2, 0) is 20.3 Å². The summed E-state index contributed by atoms with van der Waals surface area (Å²) < 4.78 is 4.66. The van der Waals surface area contributed by atoms with Gasteiger partial charge in [0, 0.05) is 19.4 Å². The van der Waals surface area contributed by atoms with Gasteiger partial charge < -0.3 is 5.32 Å². The molecule has 136 valence electrons. The summed E-state index contributed by atoms with van der Waals surface area (Å²) in [5.41, 5.74) is 1.89. The zero-order chi connectivity index (χ0) is 18.8. The van der Waals surface area contributed by atoms with E-state index in [1.165, 1.54) is 9.36 Å². The minimum absolute atomic E-state index is 0.00806. The van der Waals surface area contributed by atoms with Gasteiger partial charge in [0.05, 0.1) is 17.2 Å².